The Morgan fingerprint density at radius 1 is 0.938 bits per heavy atom. The summed E-state index contributed by atoms with van der Waals surface area (Å²) in [6, 6.07) is 23.0. The van der Waals surface area contributed by atoms with Crippen molar-refractivity contribution < 1.29 is 4.79 Å². The number of amides is 1. The number of aryl methyl sites for hydroxylation is 2. The van der Waals surface area contributed by atoms with Crippen molar-refractivity contribution in [3.63, 3.8) is 0 Å². The molecule has 0 bridgehead atoms. The first-order valence-corrected chi connectivity index (χ1v) is 11.7. The Balaban J connectivity index is 1.64. The van der Waals surface area contributed by atoms with Crippen molar-refractivity contribution in [2.24, 2.45) is 0 Å². The second-order valence-corrected chi connectivity index (χ2v) is 8.41. The summed E-state index contributed by atoms with van der Waals surface area (Å²) in [6.45, 7) is 4.17. The summed E-state index contributed by atoms with van der Waals surface area (Å²) in [5.41, 5.74) is 4.35. The van der Waals surface area contributed by atoms with Gasteiger partial charge in [0.2, 0.25) is 5.91 Å². The van der Waals surface area contributed by atoms with Crippen LogP contribution in [0.1, 0.15) is 25.0 Å². The summed E-state index contributed by atoms with van der Waals surface area (Å²) >= 11 is 1.26. The van der Waals surface area contributed by atoms with E-state index in [1.807, 2.05) is 66.7 Å². The lowest BCUT2D eigenvalue weighted by atomic mass is 10.1. The molecule has 0 unspecified atom stereocenters. The van der Waals surface area contributed by atoms with Crippen molar-refractivity contribution in [3.05, 3.63) is 94.3 Å². The maximum absolute atomic E-state index is 13.3. The SMILES string of the molecule is CCc1ccc(-n2c(SCC(=O)Nc3cccc(CC)c3)nc3ccccc3c2=O)cc1. The second kappa shape index (κ2) is 9.83. The first kappa shape index (κ1) is 21.8. The summed E-state index contributed by atoms with van der Waals surface area (Å²) in [6.07, 6.45) is 1.83. The van der Waals surface area contributed by atoms with Gasteiger partial charge in [-0.1, -0.05) is 62.0 Å². The van der Waals surface area contributed by atoms with Crippen LogP contribution >= 0.6 is 11.8 Å². The van der Waals surface area contributed by atoms with Crippen LogP contribution in [0.3, 0.4) is 0 Å². The van der Waals surface area contributed by atoms with E-state index in [2.05, 4.69) is 19.2 Å². The van der Waals surface area contributed by atoms with Crippen LogP contribution in [0.25, 0.3) is 16.6 Å². The van der Waals surface area contributed by atoms with Crippen LogP contribution in [-0.2, 0) is 17.6 Å². The molecule has 3 aromatic carbocycles. The van der Waals surface area contributed by atoms with E-state index in [9.17, 15) is 9.59 Å². The third-order valence-corrected chi connectivity index (χ3v) is 6.24. The Bertz CT molecular complexity index is 1310. The van der Waals surface area contributed by atoms with Crippen LogP contribution in [0, 0.1) is 0 Å². The Morgan fingerprint density at radius 3 is 2.44 bits per heavy atom. The average molecular weight is 444 g/mol. The van der Waals surface area contributed by atoms with Crippen LogP contribution in [0.2, 0.25) is 0 Å². The van der Waals surface area contributed by atoms with E-state index in [1.165, 1.54) is 17.3 Å². The molecule has 1 N–H and O–H groups in total. The predicted molar refractivity (Wildman–Crippen MR) is 132 cm³/mol. The lowest BCUT2D eigenvalue weighted by Gasteiger charge is -2.14. The van der Waals surface area contributed by atoms with E-state index in [4.69, 9.17) is 4.98 Å². The molecule has 5 nitrogen and oxygen atoms in total. The number of aromatic nitrogens is 2. The molecule has 0 saturated heterocycles. The number of nitrogens with one attached hydrogen (secondary N) is 1. The standard InChI is InChI=1S/C26H25N3O2S/c1-3-18-12-14-21(15-13-18)29-25(31)22-10-5-6-11-23(22)28-26(29)32-17-24(30)27-20-9-7-8-19(4-2)16-20/h5-16H,3-4,17H2,1-2H3,(H,27,30). The van der Waals surface area contributed by atoms with Crippen LogP contribution in [-0.4, -0.2) is 21.2 Å². The number of rotatable bonds is 7. The van der Waals surface area contributed by atoms with Gasteiger partial charge in [0.05, 0.1) is 22.3 Å². The third-order valence-electron chi connectivity index (χ3n) is 5.30. The largest absolute Gasteiger partial charge is 0.325 e. The Morgan fingerprint density at radius 2 is 1.69 bits per heavy atom. The van der Waals surface area contributed by atoms with E-state index in [-0.39, 0.29) is 17.2 Å². The van der Waals surface area contributed by atoms with Gasteiger partial charge in [0, 0.05) is 5.69 Å². The zero-order valence-corrected chi connectivity index (χ0v) is 19.0. The lowest BCUT2D eigenvalue weighted by molar-refractivity contribution is -0.113. The molecular weight excluding hydrogens is 418 g/mol. The van der Waals surface area contributed by atoms with Crippen molar-refractivity contribution in [2.75, 3.05) is 11.1 Å². The average Bonchev–Trinajstić information content (AvgIpc) is 2.83. The molecule has 0 fully saturated rings. The number of benzene rings is 3. The molecule has 0 aliphatic carbocycles. The zero-order valence-electron chi connectivity index (χ0n) is 18.2. The summed E-state index contributed by atoms with van der Waals surface area (Å²) < 4.78 is 1.59. The number of thioether (sulfide) groups is 1. The number of fused-ring (bicyclic) bond motifs is 1. The summed E-state index contributed by atoms with van der Waals surface area (Å²) in [5.74, 6) is 0.00676. The molecule has 1 aromatic heterocycles. The smallest absolute Gasteiger partial charge is 0.266 e. The van der Waals surface area contributed by atoms with Crippen molar-refractivity contribution >= 4 is 34.3 Å². The fourth-order valence-electron chi connectivity index (χ4n) is 3.51. The highest BCUT2D eigenvalue weighted by atomic mass is 32.2. The highest BCUT2D eigenvalue weighted by Gasteiger charge is 2.15. The maximum Gasteiger partial charge on any atom is 0.266 e. The molecule has 1 heterocycles. The zero-order chi connectivity index (χ0) is 22.5. The molecule has 0 aliphatic heterocycles. The van der Waals surface area contributed by atoms with Crippen LogP contribution in [0.4, 0.5) is 5.69 Å². The quantitative estimate of drug-likeness (QED) is 0.313. The Kier molecular flexibility index (Phi) is 6.71. The minimum absolute atomic E-state index is 0.140. The predicted octanol–water partition coefficient (Wildman–Crippen LogP) is 5.24. The molecule has 4 aromatic rings. The number of hydrogen-bond acceptors (Lipinski definition) is 4. The van der Waals surface area contributed by atoms with E-state index in [0.717, 1.165) is 29.8 Å². The third kappa shape index (κ3) is 4.75. The van der Waals surface area contributed by atoms with Crippen molar-refractivity contribution in [2.45, 2.75) is 31.8 Å². The number of hydrogen-bond donors (Lipinski definition) is 1. The monoisotopic (exact) mass is 443 g/mol. The van der Waals surface area contributed by atoms with Crippen molar-refractivity contribution in [3.8, 4) is 5.69 Å². The van der Waals surface area contributed by atoms with Gasteiger partial charge in [0.1, 0.15) is 0 Å². The Labute approximate surface area is 191 Å². The summed E-state index contributed by atoms with van der Waals surface area (Å²) in [5, 5.41) is 3.99. The van der Waals surface area contributed by atoms with Gasteiger partial charge < -0.3 is 5.32 Å². The first-order chi connectivity index (χ1) is 15.6. The first-order valence-electron chi connectivity index (χ1n) is 10.7. The number of carbonyl (C=O) groups is 1. The molecule has 6 heteroatoms. The summed E-state index contributed by atoms with van der Waals surface area (Å²) in [4.78, 5) is 30.6. The van der Waals surface area contributed by atoms with Crippen molar-refractivity contribution in [1.29, 1.82) is 0 Å². The molecule has 0 spiro atoms. The number of carbonyl (C=O) groups excluding carboxylic acids is 1. The Hall–Kier alpha value is -3.38. The van der Waals surface area contributed by atoms with Gasteiger partial charge in [-0.05, 0) is 60.4 Å². The molecule has 162 valence electrons. The van der Waals surface area contributed by atoms with Gasteiger partial charge in [0.25, 0.3) is 5.56 Å². The molecule has 32 heavy (non-hydrogen) atoms. The van der Waals surface area contributed by atoms with Gasteiger partial charge in [-0.15, -0.1) is 0 Å². The minimum Gasteiger partial charge on any atom is -0.325 e. The second-order valence-electron chi connectivity index (χ2n) is 7.46. The number of para-hydroxylation sites is 1. The molecule has 0 aliphatic rings. The minimum atomic E-state index is -0.140. The highest BCUT2D eigenvalue weighted by molar-refractivity contribution is 7.99. The highest BCUT2D eigenvalue weighted by Crippen LogP contribution is 2.22. The molecule has 4 rings (SSSR count). The number of nitrogens with zero attached hydrogens (tertiary/aromatic N) is 2. The summed E-state index contributed by atoms with van der Waals surface area (Å²) in [7, 11) is 0. The lowest BCUT2D eigenvalue weighted by Crippen LogP contribution is -2.23. The molecular formula is C26H25N3O2S. The van der Waals surface area contributed by atoms with Crippen molar-refractivity contribution in [1.82, 2.24) is 9.55 Å². The molecule has 0 radical (unpaired) electrons. The fraction of sp³-hybridized carbons (Fsp3) is 0.192. The van der Waals surface area contributed by atoms with Crippen LogP contribution in [0.15, 0.2) is 82.7 Å². The van der Waals surface area contributed by atoms with Gasteiger partial charge >= 0.3 is 0 Å². The maximum atomic E-state index is 13.3. The molecule has 1 amide bonds. The van der Waals surface area contributed by atoms with E-state index in [1.54, 1.807) is 10.6 Å². The van der Waals surface area contributed by atoms with Gasteiger partial charge in [0.15, 0.2) is 5.16 Å². The molecule has 0 atom stereocenters. The van der Waals surface area contributed by atoms with E-state index >= 15 is 0 Å². The van der Waals surface area contributed by atoms with Crippen LogP contribution < -0.4 is 10.9 Å². The molecule has 0 saturated carbocycles. The normalized spacial score (nSPS) is 10.9. The van der Waals surface area contributed by atoms with Gasteiger partial charge in [-0.25, -0.2) is 4.98 Å². The van der Waals surface area contributed by atoms with E-state index in [0.29, 0.717) is 16.1 Å². The number of anilines is 1. The van der Waals surface area contributed by atoms with E-state index < -0.39 is 0 Å². The van der Waals surface area contributed by atoms with Crippen LogP contribution in [0.5, 0.6) is 0 Å². The topological polar surface area (TPSA) is 64.0 Å². The van der Waals surface area contributed by atoms with Gasteiger partial charge in [-0.2, -0.15) is 0 Å². The van der Waals surface area contributed by atoms with Gasteiger partial charge in [-0.3, -0.25) is 14.2 Å². The fourth-order valence-corrected chi connectivity index (χ4v) is 4.33.